The molecule has 0 aliphatic rings. The van der Waals surface area contributed by atoms with Crippen molar-refractivity contribution in [1.82, 2.24) is 10.3 Å². The van der Waals surface area contributed by atoms with Gasteiger partial charge in [0.1, 0.15) is 5.75 Å². The summed E-state index contributed by atoms with van der Waals surface area (Å²) < 4.78 is 0. The zero-order valence-corrected chi connectivity index (χ0v) is 7.41. The van der Waals surface area contributed by atoms with Crippen molar-refractivity contribution in [1.29, 1.82) is 0 Å². The van der Waals surface area contributed by atoms with Crippen LogP contribution in [0, 0.1) is 0 Å². The molecule has 0 aromatic carbocycles. The van der Waals surface area contributed by atoms with E-state index in [4.69, 9.17) is 5.11 Å². The number of hydrogen-bond acceptors (Lipinski definition) is 3. The van der Waals surface area contributed by atoms with E-state index in [2.05, 4.69) is 17.2 Å². The van der Waals surface area contributed by atoms with Crippen molar-refractivity contribution < 1.29 is 5.11 Å². The van der Waals surface area contributed by atoms with Gasteiger partial charge in [0.15, 0.2) is 0 Å². The van der Waals surface area contributed by atoms with E-state index in [-0.39, 0.29) is 11.8 Å². The molecule has 0 radical (unpaired) electrons. The molecule has 1 aromatic heterocycles. The summed E-state index contributed by atoms with van der Waals surface area (Å²) in [5.41, 5.74) is 0.953. The Bertz CT molecular complexity index is 233. The Hall–Kier alpha value is -1.09. The molecule has 0 aliphatic heterocycles. The molecular formula is C9H14N2O. The van der Waals surface area contributed by atoms with Gasteiger partial charge in [-0.25, -0.2) is 0 Å². The van der Waals surface area contributed by atoms with Gasteiger partial charge in [0.05, 0.1) is 11.9 Å². The van der Waals surface area contributed by atoms with Gasteiger partial charge in [0.2, 0.25) is 0 Å². The van der Waals surface area contributed by atoms with Gasteiger partial charge in [-0.2, -0.15) is 0 Å². The van der Waals surface area contributed by atoms with Crippen LogP contribution in [0.3, 0.4) is 0 Å². The molecule has 3 nitrogen and oxygen atoms in total. The predicted octanol–water partition coefficient (Wildman–Crippen LogP) is 1.46. The maximum atomic E-state index is 8.99. The molecule has 66 valence electrons. The monoisotopic (exact) mass is 166 g/mol. The van der Waals surface area contributed by atoms with E-state index in [1.807, 2.05) is 13.0 Å². The number of rotatable bonds is 3. The molecule has 0 saturated carbocycles. The fourth-order valence-electron chi connectivity index (χ4n) is 1.06. The summed E-state index contributed by atoms with van der Waals surface area (Å²) in [6, 6.07) is 3.72. The van der Waals surface area contributed by atoms with E-state index in [0.29, 0.717) is 0 Å². The third-order valence-electron chi connectivity index (χ3n) is 1.72. The van der Waals surface area contributed by atoms with Crippen LogP contribution in [0.4, 0.5) is 0 Å². The van der Waals surface area contributed by atoms with Crippen molar-refractivity contribution in [3.63, 3.8) is 0 Å². The first kappa shape index (κ1) is 9.00. The van der Waals surface area contributed by atoms with Crippen LogP contribution in [0.5, 0.6) is 5.75 Å². The molecule has 1 rings (SSSR count). The number of nitrogens with one attached hydrogen (secondary N) is 1. The van der Waals surface area contributed by atoms with Crippen LogP contribution in [-0.2, 0) is 0 Å². The maximum absolute atomic E-state index is 8.99. The highest BCUT2D eigenvalue weighted by atomic mass is 16.3. The van der Waals surface area contributed by atoms with Crippen LogP contribution in [-0.4, -0.2) is 16.6 Å². The Balaban J connectivity index is 2.68. The van der Waals surface area contributed by atoms with Gasteiger partial charge >= 0.3 is 0 Å². The quantitative estimate of drug-likeness (QED) is 0.714. The summed E-state index contributed by atoms with van der Waals surface area (Å²) in [7, 11) is 0. The predicted molar refractivity (Wildman–Crippen MR) is 48.0 cm³/mol. The highest BCUT2D eigenvalue weighted by Crippen LogP contribution is 2.12. The Morgan fingerprint density at radius 2 is 2.33 bits per heavy atom. The van der Waals surface area contributed by atoms with E-state index in [1.165, 1.54) is 6.20 Å². The summed E-state index contributed by atoms with van der Waals surface area (Å²) in [5, 5.41) is 12.2. The molecule has 3 heteroatoms. The van der Waals surface area contributed by atoms with Crippen LogP contribution >= 0.6 is 0 Å². The fourth-order valence-corrected chi connectivity index (χ4v) is 1.06. The minimum absolute atomic E-state index is 0.211. The normalized spacial score (nSPS) is 12.8. The first-order valence-electron chi connectivity index (χ1n) is 4.12. The van der Waals surface area contributed by atoms with E-state index in [0.717, 1.165) is 12.2 Å². The molecule has 1 atom stereocenters. The molecule has 0 aliphatic carbocycles. The summed E-state index contributed by atoms with van der Waals surface area (Å²) in [6.45, 7) is 5.02. The molecule has 0 fully saturated rings. The number of aromatic nitrogens is 1. The SMILES string of the molecule is CCNC(C)c1ccc(O)cn1. The van der Waals surface area contributed by atoms with E-state index >= 15 is 0 Å². The van der Waals surface area contributed by atoms with E-state index < -0.39 is 0 Å². The third kappa shape index (κ3) is 2.20. The van der Waals surface area contributed by atoms with Crippen molar-refractivity contribution in [2.45, 2.75) is 19.9 Å². The fraction of sp³-hybridized carbons (Fsp3) is 0.444. The van der Waals surface area contributed by atoms with Crippen LogP contribution in [0.1, 0.15) is 25.6 Å². The highest BCUT2D eigenvalue weighted by Gasteiger charge is 2.03. The number of nitrogens with zero attached hydrogens (tertiary/aromatic N) is 1. The molecule has 0 saturated heterocycles. The zero-order chi connectivity index (χ0) is 8.97. The van der Waals surface area contributed by atoms with Crippen LogP contribution in [0.2, 0.25) is 0 Å². The highest BCUT2D eigenvalue weighted by molar-refractivity contribution is 5.19. The van der Waals surface area contributed by atoms with E-state index in [9.17, 15) is 0 Å². The zero-order valence-electron chi connectivity index (χ0n) is 7.41. The summed E-state index contributed by atoms with van der Waals surface area (Å²) in [4.78, 5) is 4.08. The smallest absolute Gasteiger partial charge is 0.133 e. The second-order valence-corrected chi connectivity index (χ2v) is 2.72. The lowest BCUT2D eigenvalue weighted by atomic mass is 10.2. The van der Waals surface area contributed by atoms with Crippen molar-refractivity contribution in [3.8, 4) is 5.75 Å². The molecule has 0 amide bonds. The molecule has 0 spiro atoms. The van der Waals surface area contributed by atoms with Gasteiger partial charge < -0.3 is 10.4 Å². The number of pyridine rings is 1. The first-order valence-corrected chi connectivity index (χ1v) is 4.12. The lowest BCUT2D eigenvalue weighted by Gasteiger charge is -2.10. The lowest BCUT2D eigenvalue weighted by Crippen LogP contribution is -2.18. The van der Waals surface area contributed by atoms with Gasteiger partial charge in [-0.05, 0) is 25.6 Å². The second-order valence-electron chi connectivity index (χ2n) is 2.72. The molecule has 1 heterocycles. The average Bonchev–Trinajstić information content (AvgIpc) is 2.06. The van der Waals surface area contributed by atoms with Crippen LogP contribution < -0.4 is 5.32 Å². The third-order valence-corrected chi connectivity index (χ3v) is 1.72. The number of aromatic hydroxyl groups is 1. The summed E-state index contributed by atoms with van der Waals surface area (Å²) in [6.07, 6.45) is 1.46. The van der Waals surface area contributed by atoms with Gasteiger partial charge in [0.25, 0.3) is 0 Å². The first-order chi connectivity index (χ1) is 5.74. The maximum Gasteiger partial charge on any atom is 0.133 e. The Morgan fingerprint density at radius 1 is 1.58 bits per heavy atom. The molecule has 1 aromatic rings. The van der Waals surface area contributed by atoms with Crippen LogP contribution in [0.15, 0.2) is 18.3 Å². The molecule has 1 unspecified atom stereocenters. The van der Waals surface area contributed by atoms with Gasteiger partial charge in [-0.15, -0.1) is 0 Å². The topological polar surface area (TPSA) is 45.1 Å². The summed E-state index contributed by atoms with van der Waals surface area (Å²) >= 11 is 0. The number of hydrogen-bond donors (Lipinski definition) is 2. The van der Waals surface area contributed by atoms with E-state index in [1.54, 1.807) is 6.07 Å². The standard InChI is InChI=1S/C9H14N2O/c1-3-10-7(2)9-5-4-8(12)6-11-9/h4-7,10,12H,3H2,1-2H3. The Morgan fingerprint density at radius 3 is 2.83 bits per heavy atom. The largest absolute Gasteiger partial charge is 0.506 e. The molecule has 2 N–H and O–H groups in total. The summed E-state index contributed by atoms with van der Waals surface area (Å²) in [5.74, 6) is 0.211. The van der Waals surface area contributed by atoms with Crippen molar-refractivity contribution in [3.05, 3.63) is 24.0 Å². The average molecular weight is 166 g/mol. The van der Waals surface area contributed by atoms with Gasteiger partial charge in [-0.3, -0.25) is 4.98 Å². The Labute approximate surface area is 72.5 Å². The minimum atomic E-state index is 0.211. The second kappa shape index (κ2) is 4.07. The van der Waals surface area contributed by atoms with Crippen LogP contribution in [0.25, 0.3) is 0 Å². The van der Waals surface area contributed by atoms with Crippen molar-refractivity contribution in [2.24, 2.45) is 0 Å². The molecular weight excluding hydrogens is 152 g/mol. The molecule has 12 heavy (non-hydrogen) atoms. The molecule has 0 bridgehead atoms. The lowest BCUT2D eigenvalue weighted by molar-refractivity contribution is 0.470. The Kier molecular flexibility index (Phi) is 3.05. The minimum Gasteiger partial charge on any atom is -0.506 e. The van der Waals surface area contributed by atoms with Crippen molar-refractivity contribution >= 4 is 0 Å². The van der Waals surface area contributed by atoms with Crippen molar-refractivity contribution in [2.75, 3.05) is 6.54 Å². The van der Waals surface area contributed by atoms with Gasteiger partial charge in [0, 0.05) is 6.04 Å². The van der Waals surface area contributed by atoms with Gasteiger partial charge in [-0.1, -0.05) is 6.92 Å².